The fourth-order valence-corrected chi connectivity index (χ4v) is 2.40. The van der Waals surface area contributed by atoms with Crippen molar-refractivity contribution in [2.75, 3.05) is 0 Å². The third-order valence-electron chi connectivity index (χ3n) is 3.34. The summed E-state index contributed by atoms with van der Waals surface area (Å²) in [5, 5.41) is 14.5. The lowest BCUT2D eigenvalue weighted by Crippen LogP contribution is -2.06. The smallest absolute Gasteiger partial charge is 0.0715 e. The van der Waals surface area contributed by atoms with Gasteiger partial charge >= 0.3 is 0 Å². The van der Waals surface area contributed by atoms with E-state index in [2.05, 4.69) is 5.10 Å². The van der Waals surface area contributed by atoms with Gasteiger partial charge in [0.1, 0.15) is 0 Å². The van der Waals surface area contributed by atoms with Gasteiger partial charge in [-0.15, -0.1) is 0 Å². The van der Waals surface area contributed by atoms with Gasteiger partial charge in [0, 0.05) is 22.2 Å². The monoisotopic (exact) mass is 262 g/mol. The largest absolute Gasteiger partial charge is 0.392 e. The summed E-state index contributed by atoms with van der Waals surface area (Å²) >= 11 is 5.88. The molecule has 1 aliphatic carbocycles. The topological polar surface area (TPSA) is 38.1 Å². The molecule has 94 valence electrons. The number of aliphatic hydroxyl groups is 1. The van der Waals surface area contributed by atoms with E-state index in [9.17, 15) is 5.11 Å². The van der Waals surface area contributed by atoms with Crippen LogP contribution in [0.25, 0.3) is 0 Å². The second-order valence-corrected chi connectivity index (χ2v) is 5.21. The predicted molar refractivity (Wildman–Crippen MR) is 70.7 cm³/mol. The van der Waals surface area contributed by atoms with E-state index in [0.29, 0.717) is 5.92 Å². The molecule has 1 heterocycles. The van der Waals surface area contributed by atoms with Crippen LogP contribution in [-0.2, 0) is 13.2 Å². The Hall–Kier alpha value is -1.32. The first kappa shape index (κ1) is 11.8. The minimum absolute atomic E-state index is 0.0758. The lowest BCUT2D eigenvalue weighted by molar-refractivity contribution is 0.280. The van der Waals surface area contributed by atoms with Crippen LogP contribution in [0, 0.1) is 0 Å². The molecule has 0 radical (unpaired) electrons. The Morgan fingerprint density at radius 3 is 2.61 bits per heavy atom. The van der Waals surface area contributed by atoms with Crippen molar-refractivity contribution >= 4 is 11.6 Å². The maximum atomic E-state index is 9.34. The highest BCUT2D eigenvalue weighted by Crippen LogP contribution is 2.41. The zero-order valence-corrected chi connectivity index (χ0v) is 10.8. The van der Waals surface area contributed by atoms with E-state index in [4.69, 9.17) is 11.6 Å². The average Bonchev–Trinajstić information content (AvgIpc) is 3.14. The van der Waals surface area contributed by atoms with Crippen molar-refractivity contribution in [2.24, 2.45) is 0 Å². The highest BCUT2D eigenvalue weighted by Gasteiger charge is 2.29. The third-order valence-corrected chi connectivity index (χ3v) is 3.59. The molecule has 1 N–H and O–H groups in total. The zero-order valence-electron chi connectivity index (χ0n) is 10.0. The molecule has 0 saturated heterocycles. The molecule has 0 spiro atoms. The third kappa shape index (κ3) is 2.28. The van der Waals surface area contributed by atoms with Crippen LogP contribution in [0.15, 0.2) is 30.5 Å². The van der Waals surface area contributed by atoms with E-state index in [-0.39, 0.29) is 6.61 Å². The van der Waals surface area contributed by atoms with Gasteiger partial charge in [-0.05, 0) is 30.5 Å². The van der Waals surface area contributed by atoms with Crippen molar-refractivity contribution in [3.05, 3.63) is 52.3 Å². The maximum absolute atomic E-state index is 9.34. The summed E-state index contributed by atoms with van der Waals surface area (Å²) in [7, 11) is 0. The fraction of sp³-hybridized carbons (Fsp3) is 0.357. The van der Waals surface area contributed by atoms with E-state index in [1.807, 2.05) is 28.9 Å². The molecule has 1 aromatic heterocycles. The van der Waals surface area contributed by atoms with Gasteiger partial charge in [-0.25, -0.2) is 0 Å². The lowest BCUT2D eigenvalue weighted by atomic mass is 10.1. The second-order valence-electron chi connectivity index (χ2n) is 4.77. The van der Waals surface area contributed by atoms with Gasteiger partial charge in [0.25, 0.3) is 0 Å². The molecule has 4 heteroatoms. The summed E-state index contributed by atoms with van der Waals surface area (Å²) in [6.45, 7) is 0.815. The highest BCUT2D eigenvalue weighted by molar-refractivity contribution is 6.30. The van der Waals surface area contributed by atoms with E-state index >= 15 is 0 Å². The van der Waals surface area contributed by atoms with Crippen LogP contribution in [0.1, 0.15) is 35.6 Å². The summed E-state index contributed by atoms with van der Waals surface area (Å²) in [6.07, 6.45) is 4.20. The first-order chi connectivity index (χ1) is 8.78. The number of nitrogens with zero attached hydrogens (tertiary/aromatic N) is 2. The van der Waals surface area contributed by atoms with Crippen LogP contribution in [0.2, 0.25) is 5.02 Å². The number of rotatable bonds is 4. The SMILES string of the molecule is OCc1cnn(Cc2ccc(Cl)cc2)c1C1CC1. The molecule has 1 aliphatic rings. The zero-order chi connectivity index (χ0) is 12.5. The summed E-state index contributed by atoms with van der Waals surface area (Å²) in [5.41, 5.74) is 3.34. The molecule has 3 rings (SSSR count). The molecule has 3 nitrogen and oxygen atoms in total. The Morgan fingerprint density at radius 1 is 1.28 bits per heavy atom. The van der Waals surface area contributed by atoms with Crippen molar-refractivity contribution in [3.63, 3.8) is 0 Å². The predicted octanol–water partition coefficient (Wildman–Crippen LogP) is 2.95. The number of benzene rings is 1. The van der Waals surface area contributed by atoms with Gasteiger partial charge in [0.05, 0.1) is 19.3 Å². The minimum Gasteiger partial charge on any atom is -0.392 e. The molecular formula is C14H15ClN2O. The van der Waals surface area contributed by atoms with Crippen LogP contribution in [0.4, 0.5) is 0 Å². The van der Waals surface area contributed by atoms with Crippen LogP contribution < -0.4 is 0 Å². The van der Waals surface area contributed by atoms with Crippen molar-refractivity contribution in [2.45, 2.75) is 31.9 Å². The summed E-state index contributed by atoms with van der Waals surface area (Å²) in [4.78, 5) is 0. The average molecular weight is 263 g/mol. The molecule has 0 aliphatic heterocycles. The van der Waals surface area contributed by atoms with Crippen molar-refractivity contribution in [3.8, 4) is 0 Å². The van der Waals surface area contributed by atoms with Crippen molar-refractivity contribution in [1.29, 1.82) is 0 Å². The van der Waals surface area contributed by atoms with E-state index in [1.165, 1.54) is 24.1 Å². The van der Waals surface area contributed by atoms with E-state index < -0.39 is 0 Å². The van der Waals surface area contributed by atoms with Crippen LogP contribution >= 0.6 is 11.6 Å². The van der Waals surface area contributed by atoms with Gasteiger partial charge in [0.2, 0.25) is 0 Å². The van der Waals surface area contributed by atoms with Crippen LogP contribution in [0.5, 0.6) is 0 Å². The second kappa shape index (κ2) is 4.75. The minimum atomic E-state index is 0.0758. The molecule has 0 atom stereocenters. The van der Waals surface area contributed by atoms with E-state index in [0.717, 1.165) is 17.1 Å². The maximum Gasteiger partial charge on any atom is 0.0715 e. The van der Waals surface area contributed by atoms with Gasteiger partial charge in [0.15, 0.2) is 0 Å². The van der Waals surface area contributed by atoms with Gasteiger partial charge in [-0.2, -0.15) is 5.10 Å². The van der Waals surface area contributed by atoms with Crippen LogP contribution in [-0.4, -0.2) is 14.9 Å². The first-order valence-corrected chi connectivity index (χ1v) is 6.55. The molecule has 0 unspecified atom stereocenters. The number of aromatic nitrogens is 2. The quantitative estimate of drug-likeness (QED) is 0.920. The molecule has 1 fully saturated rings. The number of aliphatic hydroxyl groups excluding tert-OH is 1. The van der Waals surface area contributed by atoms with Gasteiger partial charge < -0.3 is 5.11 Å². The Bertz CT molecular complexity index is 543. The highest BCUT2D eigenvalue weighted by atomic mass is 35.5. The van der Waals surface area contributed by atoms with Crippen molar-refractivity contribution < 1.29 is 5.11 Å². The summed E-state index contributed by atoms with van der Waals surface area (Å²) in [5.74, 6) is 0.585. The number of hydrogen-bond donors (Lipinski definition) is 1. The summed E-state index contributed by atoms with van der Waals surface area (Å²) in [6, 6.07) is 7.81. The number of halogens is 1. The molecule has 1 aromatic carbocycles. The Morgan fingerprint density at radius 2 is 2.00 bits per heavy atom. The molecule has 0 amide bonds. The molecule has 0 bridgehead atoms. The molecule has 1 saturated carbocycles. The normalized spacial score (nSPS) is 15.0. The fourth-order valence-electron chi connectivity index (χ4n) is 2.27. The van der Waals surface area contributed by atoms with Crippen LogP contribution in [0.3, 0.4) is 0 Å². The van der Waals surface area contributed by atoms with Crippen molar-refractivity contribution in [1.82, 2.24) is 9.78 Å². The standard InChI is InChI=1S/C14H15ClN2O/c15-13-5-1-10(2-6-13)8-17-14(11-3-4-11)12(9-18)7-16-17/h1-2,5-7,11,18H,3-4,8-9H2. The summed E-state index contributed by atoms with van der Waals surface area (Å²) < 4.78 is 2.01. The number of hydrogen-bond acceptors (Lipinski definition) is 2. The Balaban J connectivity index is 1.88. The Labute approximate surface area is 111 Å². The van der Waals surface area contributed by atoms with Gasteiger partial charge in [-0.1, -0.05) is 23.7 Å². The molecular weight excluding hydrogens is 248 g/mol. The lowest BCUT2D eigenvalue weighted by Gasteiger charge is -2.08. The van der Waals surface area contributed by atoms with E-state index in [1.54, 1.807) is 6.20 Å². The molecule has 18 heavy (non-hydrogen) atoms. The molecule has 2 aromatic rings. The first-order valence-electron chi connectivity index (χ1n) is 6.18. The Kier molecular flexibility index (Phi) is 3.10. The van der Waals surface area contributed by atoms with Gasteiger partial charge in [-0.3, -0.25) is 4.68 Å².